The summed E-state index contributed by atoms with van der Waals surface area (Å²) in [5.74, 6) is -1.05. The predicted octanol–water partition coefficient (Wildman–Crippen LogP) is 0.966. The highest BCUT2D eigenvalue weighted by atomic mass is 16.4. The number of isocyanates is 1. The first kappa shape index (κ1) is 9.85. The second-order valence-electron chi connectivity index (χ2n) is 2.22. The zero-order valence-corrected chi connectivity index (χ0v) is 6.41. The van der Waals surface area contributed by atoms with Crippen molar-refractivity contribution in [2.75, 3.05) is 0 Å². The van der Waals surface area contributed by atoms with Gasteiger partial charge >= 0.3 is 5.97 Å². The molecule has 0 aromatic heterocycles. The Balaban J connectivity index is 3.89. The van der Waals surface area contributed by atoms with Crippen molar-refractivity contribution < 1.29 is 14.7 Å². The molecular formula is C7H11NO3. The average molecular weight is 157 g/mol. The molecule has 0 aliphatic rings. The molecule has 0 rings (SSSR count). The van der Waals surface area contributed by atoms with E-state index in [-0.39, 0.29) is 0 Å². The van der Waals surface area contributed by atoms with E-state index in [0.29, 0.717) is 6.42 Å². The van der Waals surface area contributed by atoms with Crippen molar-refractivity contribution in [3.8, 4) is 0 Å². The Morgan fingerprint density at radius 3 is 2.73 bits per heavy atom. The molecular weight excluding hydrogens is 146 g/mol. The van der Waals surface area contributed by atoms with Gasteiger partial charge in [-0.2, -0.15) is 4.99 Å². The van der Waals surface area contributed by atoms with Gasteiger partial charge in [0.1, 0.15) is 0 Å². The zero-order valence-electron chi connectivity index (χ0n) is 6.41. The maximum atomic E-state index is 10.3. The van der Waals surface area contributed by atoms with E-state index < -0.39 is 12.0 Å². The summed E-state index contributed by atoms with van der Waals surface area (Å²) in [6, 6.07) is -0.896. The van der Waals surface area contributed by atoms with Gasteiger partial charge in [-0.3, -0.25) is 0 Å². The number of nitrogens with zero attached hydrogens (tertiary/aromatic N) is 1. The summed E-state index contributed by atoms with van der Waals surface area (Å²) in [6.45, 7) is 1.95. The number of carboxylic acids is 1. The molecule has 0 aliphatic carbocycles. The Morgan fingerprint density at radius 1 is 1.73 bits per heavy atom. The number of carbonyl (C=O) groups excluding carboxylic acids is 1. The molecule has 4 heteroatoms. The van der Waals surface area contributed by atoms with Crippen molar-refractivity contribution in [2.24, 2.45) is 4.99 Å². The molecule has 0 aromatic carbocycles. The highest BCUT2D eigenvalue weighted by molar-refractivity contribution is 5.74. The van der Waals surface area contributed by atoms with Crippen LogP contribution in [0.15, 0.2) is 4.99 Å². The fraction of sp³-hybridized carbons (Fsp3) is 0.714. The topological polar surface area (TPSA) is 66.7 Å². The van der Waals surface area contributed by atoms with Crippen LogP contribution in [-0.2, 0) is 9.59 Å². The lowest BCUT2D eigenvalue weighted by Gasteiger charge is -2.01. The van der Waals surface area contributed by atoms with Crippen molar-refractivity contribution in [1.82, 2.24) is 0 Å². The number of carboxylic acid groups (broad SMARTS) is 1. The largest absolute Gasteiger partial charge is 0.480 e. The van der Waals surface area contributed by atoms with Crippen LogP contribution in [0, 0.1) is 0 Å². The summed E-state index contributed by atoms with van der Waals surface area (Å²) in [6.07, 6.45) is 3.34. The number of hydrogen-bond acceptors (Lipinski definition) is 3. The second-order valence-corrected chi connectivity index (χ2v) is 2.22. The monoisotopic (exact) mass is 157 g/mol. The Kier molecular flexibility index (Phi) is 5.03. The third kappa shape index (κ3) is 4.28. The normalized spacial score (nSPS) is 11.7. The smallest absolute Gasteiger partial charge is 0.329 e. The molecule has 0 spiro atoms. The first-order valence-corrected chi connectivity index (χ1v) is 3.52. The first-order chi connectivity index (χ1) is 5.22. The van der Waals surface area contributed by atoms with Crippen LogP contribution in [-0.4, -0.2) is 23.2 Å². The summed E-state index contributed by atoms with van der Waals surface area (Å²) >= 11 is 0. The van der Waals surface area contributed by atoms with Crippen molar-refractivity contribution in [3.63, 3.8) is 0 Å². The van der Waals surface area contributed by atoms with E-state index in [1.807, 2.05) is 6.92 Å². The molecule has 1 unspecified atom stereocenters. The molecule has 0 aliphatic heterocycles. The first-order valence-electron chi connectivity index (χ1n) is 3.52. The highest BCUT2D eigenvalue weighted by Gasteiger charge is 2.14. The molecule has 0 radical (unpaired) electrons. The maximum Gasteiger partial charge on any atom is 0.329 e. The number of carbonyl (C=O) groups is 1. The van der Waals surface area contributed by atoms with E-state index >= 15 is 0 Å². The zero-order chi connectivity index (χ0) is 8.69. The maximum absolute atomic E-state index is 10.3. The molecule has 4 nitrogen and oxygen atoms in total. The lowest BCUT2D eigenvalue weighted by Crippen LogP contribution is -2.17. The van der Waals surface area contributed by atoms with Gasteiger partial charge in [-0.1, -0.05) is 19.8 Å². The standard InChI is InChI=1S/C7H11NO3/c1-2-3-4-6(7(10)11)8-5-9/h6H,2-4H2,1H3,(H,10,11). The fourth-order valence-electron chi connectivity index (χ4n) is 0.704. The van der Waals surface area contributed by atoms with Crippen LogP contribution < -0.4 is 0 Å². The third-order valence-electron chi connectivity index (χ3n) is 1.32. The van der Waals surface area contributed by atoms with Crippen LogP contribution in [0.3, 0.4) is 0 Å². The number of aliphatic carboxylic acids is 1. The van der Waals surface area contributed by atoms with Crippen LogP contribution >= 0.6 is 0 Å². The SMILES string of the molecule is CCCCC(N=C=O)C(=O)O. The molecule has 1 N–H and O–H groups in total. The van der Waals surface area contributed by atoms with E-state index in [0.717, 1.165) is 12.8 Å². The van der Waals surface area contributed by atoms with E-state index in [9.17, 15) is 9.59 Å². The van der Waals surface area contributed by atoms with Gasteiger partial charge in [-0.15, -0.1) is 0 Å². The van der Waals surface area contributed by atoms with E-state index in [1.165, 1.54) is 6.08 Å². The Hall–Kier alpha value is -1.15. The molecule has 0 heterocycles. The van der Waals surface area contributed by atoms with Gasteiger partial charge in [0, 0.05) is 0 Å². The second kappa shape index (κ2) is 5.62. The Labute approximate surface area is 64.9 Å². The summed E-state index contributed by atoms with van der Waals surface area (Å²) in [4.78, 5) is 23.2. The van der Waals surface area contributed by atoms with Gasteiger partial charge in [0.15, 0.2) is 6.04 Å². The van der Waals surface area contributed by atoms with Crippen molar-refractivity contribution in [3.05, 3.63) is 0 Å². The lowest BCUT2D eigenvalue weighted by atomic mass is 10.1. The number of unbranched alkanes of at least 4 members (excludes halogenated alkanes) is 1. The molecule has 0 aromatic rings. The minimum absolute atomic E-state index is 0.418. The van der Waals surface area contributed by atoms with Gasteiger partial charge < -0.3 is 5.11 Å². The average Bonchev–Trinajstić information content (AvgIpc) is 1.97. The van der Waals surface area contributed by atoms with Crippen molar-refractivity contribution in [2.45, 2.75) is 32.2 Å². The molecule has 0 saturated heterocycles. The van der Waals surface area contributed by atoms with Crippen LogP contribution in [0.4, 0.5) is 0 Å². The summed E-state index contributed by atoms with van der Waals surface area (Å²) in [7, 11) is 0. The molecule has 0 saturated carbocycles. The van der Waals surface area contributed by atoms with Crippen molar-refractivity contribution in [1.29, 1.82) is 0 Å². The minimum Gasteiger partial charge on any atom is -0.480 e. The minimum atomic E-state index is -1.05. The van der Waals surface area contributed by atoms with Crippen LogP contribution in [0.5, 0.6) is 0 Å². The van der Waals surface area contributed by atoms with E-state index in [2.05, 4.69) is 4.99 Å². The number of hydrogen-bond donors (Lipinski definition) is 1. The molecule has 0 amide bonds. The predicted molar refractivity (Wildman–Crippen MR) is 39.1 cm³/mol. The van der Waals surface area contributed by atoms with Gasteiger partial charge in [-0.05, 0) is 6.42 Å². The van der Waals surface area contributed by atoms with Crippen LogP contribution in [0.2, 0.25) is 0 Å². The number of rotatable bonds is 5. The van der Waals surface area contributed by atoms with Crippen LogP contribution in [0.1, 0.15) is 26.2 Å². The van der Waals surface area contributed by atoms with E-state index in [1.54, 1.807) is 0 Å². The van der Waals surface area contributed by atoms with E-state index in [4.69, 9.17) is 5.11 Å². The summed E-state index contributed by atoms with van der Waals surface area (Å²) in [5.41, 5.74) is 0. The van der Waals surface area contributed by atoms with Gasteiger partial charge in [0.25, 0.3) is 0 Å². The quantitative estimate of drug-likeness (QED) is 0.477. The van der Waals surface area contributed by atoms with Crippen LogP contribution in [0.25, 0.3) is 0 Å². The third-order valence-corrected chi connectivity index (χ3v) is 1.32. The number of aliphatic imine (C=N–C) groups is 1. The van der Waals surface area contributed by atoms with Gasteiger partial charge in [0.05, 0.1) is 0 Å². The molecule has 62 valence electrons. The lowest BCUT2D eigenvalue weighted by molar-refractivity contribution is -0.138. The summed E-state index contributed by atoms with van der Waals surface area (Å²) in [5, 5.41) is 8.46. The molecule has 0 fully saturated rings. The molecule has 11 heavy (non-hydrogen) atoms. The highest BCUT2D eigenvalue weighted by Crippen LogP contribution is 2.03. The summed E-state index contributed by atoms with van der Waals surface area (Å²) < 4.78 is 0. The Bertz CT molecular complexity index is 171. The Morgan fingerprint density at radius 2 is 2.36 bits per heavy atom. The van der Waals surface area contributed by atoms with Gasteiger partial charge in [-0.25, -0.2) is 9.59 Å². The molecule has 0 bridgehead atoms. The van der Waals surface area contributed by atoms with Gasteiger partial charge in [0.2, 0.25) is 6.08 Å². The fourth-order valence-corrected chi connectivity index (χ4v) is 0.704. The molecule has 1 atom stereocenters. The van der Waals surface area contributed by atoms with Crippen molar-refractivity contribution >= 4 is 12.0 Å².